The predicted octanol–water partition coefficient (Wildman–Crippen LogP) is 3.16. The van der Waals surface area contributed by atoms with Crippen LogP contribution >= 0.6 is 23.1 Å². The van der Waals surface area contributed by atoms with Gasteiger partial charge in [-0.15, -0.1) is 15.7 Å². The van der Waals surface area contributed by atoms with Crippen LogP contribution in [0.15, 0.2) is 51.7 Å². The van der Waals surface area contributed by atoms with Gasteiger partial charge in [0.1, 0.15) is 0 Å². The molecular formula is C14H12N4O3S3. The highest BCUT2D eigenvalue weighted by Crippen LogP contribution is 2.24. The molecule has 124 valence electrons. The first-order valence-corrected chi connectivity index (χ1v) is 9.75. The number of hydrogen-bond acceptors (Lipinski definition) is 8. The van der Waals surface area contributed by atoms with Crippen LogP contribution < -0.4 is 9.46 Å². The average molecular weight is 380 g/mol. The van der Waals surface area contributed by atoms with Gasteiger partial charge in [0.2, 0.25) is 5.82 Å². The molecule has 1 aromatic carbocycles. The number of methoxy groups -OCH3 is 1. The van der Waals surface area contributed by atoms with Crippen molar-refractivity contribution in [1.82, 2.24) is 8.75 Å². The summed E-state index contributed by atoms with van der Waals surface area (Å²) in [6, 6.07) is 10.1. The minimum Gasteiger partial charge on any atom is -0.478 e. The fraction of sp³-hybridized carbons (Fsp3) is 0.0714. The summed E-state index contributed by atoms with van der Waals surface area (Å²) in [5.41, 5.74) is 0.662. The summed E-state index contributed by atoms with van der Waals surface area (Å²) in [5.74, 6) is 0.211. The van der Waals surface area contributed by atoms with Gasteiger partial charge in [0, 0.05) is 11.1 Å². The number of sulfonamides is 1. The number of nitrogens with one attached hydrogen (secondary N) is 1. The molecule has 10 heteroatoms. The molecule has 2 heterocycles. The van der Waals surface area contributed by atoms with Crippen molar-refractivity contribution in [3.05, 3.63) is 46.7 Å². The second-order valence-electron chi connectivity index (χ2n) is 4.50. The van der Waals surface area contributed by atoms with E-state index in [4.69, 9.17) is 4.74 Å². The van der Waals surface area contributed by atoms with E-state index < -0.39 is 10.0 Å². The Morgan fingerprint density at radius 3 is 2.67 bits per heavy atom. The van der Waals surface area contributed by atoms with Gasteiger partial charge in [0.25, 0.3) is 15.9 Å². The van der Waals surface area contributed by atoms with E-state index in [9.17, 15) is 8.42 Å². The predicted molar refractivity (Wildman–Crippen MR) is 95.3 cm³/mol. The molecule has 3 aromatic rings. The number of aromatic nitrogens is 2. The van der Waals surface area contributed by atoms with E-state index in [2.05, 4.69) is 18.5 Å². The SMILES string of the molecule is COc1nsnc1NS(=O)(=O)c1ccc(N=Cc2cccs2)cc1. The summed E-state index contributed by atoms with van der Waals surface area (Å²) in [6.45, 7) is 0. The van der Waals surface area contributed by atoms with Gasteiger partial charge in [0.05, 0.1) is 29.4 Å². The molecule has 0 amide bonds. The first-order chi connectivity index (χ1) is 11.6. The topological polar surface area (TPSA) is 93.5 Å². The van der Waals surface area contributed by atoms with Crippen LogP contribution in [0.4, 0.5) is 11.5 Å². The lowest BCUT2D eigenvalue weighted by molar-refractivity contribution is 0.404. The Morgan fingerprint density at radius 2 is 2.00 bits per heavy atom. The van der Waals surface area contributed by atoms with Gasteiger partial charge in [-0.2, -0.15) is 4.37 Å². The number of anilines is 1. The Kier molecular flexibility index (Phi) is 4.88. The maximum Gasteiger partial charge on any atom is 0.271 e. The monoisotopic (exact) mass is 380 g/mol. The van der Waals surface area contributed by atoms with Crippen LogP contribution in [-0.4, -0.2) is 30.5 Å². The molecule has 0 atom stereocenters. The summed E-state index contributed by atoms with van der Waals surface area (Å²) >= 11 is 2.44. The highest BCUT2D eigenvalue weighted by molar-refractivity contribution is 7.92. The second kappa shape index (κ2) is 7.07. The Morgan fingerprint density at radius 1 is 1.21 bits per heavy atom. The lowest BCUT2D eigenvalue weighted by atomic mass is 10.3. The minimum atomic E-state index is -3.77. The van der Waals surface area contributed by atoms with Crippen molar-refractivity contribution in [1.29, 1.82) is 0 Å². The van der Waals surface area contributed by atoms with Gasteiger partial charge < -0.3 is 4.74 Å². The van der Waals surface area contributed by atoms with Crippen LogP contribution in [0, 0.1) is 0 Å². The molecule has 3 rings (SSSR count). The van der Waals surface area contributed by atoms with Crippen LogP contribution in [0.5, 0.6) is 5.88 Å². The van der Waals surface area contributed by atoms with E-state index in [1.165, 1.54) is 19.2 Å². The number of hydrogen-bond donors (Lipinski definition) is 1. The van der Waals surface area contributed by atoms with Gasteiger partial charge >= 0.3 is 0 Å². The Bertz CT molecular complexity index is 932. The molecule has 1 N–H and O–H groups in total. The number of ether oxygens (including phenoxy) is 1. The molecule has 0 saturated carbocycles. The van der Waals surface area contributed by atoms with E-state index in [-0.39, 0.29) is 16.6 Å². The van der Waals surface area contributed by atoms with Gasteiger partial charge in [-0.25, -0.2) is 8.42 Å². The van der Waals surface area contributed by atoms with E-state index in [1.54, 1.807) is 29.7 Å². The molecule has 7 nitrogen and oxygen atoms in total. The first-order valence-electron chi connectivity index (χ1n) is 6.65. The summed E-state index contributed by atoms with van der Waals surface area (Å²) < 4.78 is 39.7. The van der Waals surface area contributed by atoms with Crippen molar-refractivity contribution >= 4 is 50.8 Å². The molecule has 0 fully saturated rings. The molecule has 0 saturated heterocycles. The van der Waals surface area contributed by atoms with Crippen molar-refractivity contribution < 1.29 is 13.2 Å². The van der Waals surface area contributed by atoms with Crippen LogP contribution in [-0.2, 0) is 10.0 Å². The number of rotatable bonds is 6. The van der Waals surface area contributed by atoms with Crippen molar-refractivity contribution in [2.45, 2.75) is 4.90 Å². The zero-order valence-corrected chi connectivity index (χ0v) is 14.9. The molecule has 0 radical (unpaired) electrons. The van der Waals surface area contributed by atoms with Gasteiger partial charge in [-0.3, -0.25) is 9.71 Å². The van der Waals surface area contributed by atoms with Crippen molar-refractivity contribution in [2.24, 2.45) is 4.99 Å². The van der Waals surface area contributed by atoms with Crippen LogP contribution in [0.3, 0.4) is 0 Å². The minimum absolute atomic E-state index is 0.0716. The smallest absolute Gasteiger partial charge is 0.271 e. The third-order valence-electron chi connectivity index (χ3n) is 2.91. The summed E-state index contributed by atoms with van der Waals surface area (Å²) in [7, 11) is -2.37. The molecule has 0 bridgehead atoms. The quantitative estimate of drug-likeness (QED) is 0.663. The molecule has 0 aliphatic carbocycles. The highest BCUT2D eigenvalue weighted by atomic mass is 32.2. The fourth-order valence-electron chi connectivity index (χ4n) is 1.78. The second-order valence-corrected chi connectivity index (χ2v) is 7.69. The Balaban J connectivity index is 1.77. The standard InChI is InChI=1S/C14H12N4O3S3/c1-21-14-13(16-23-17-14)18-24(19,20)12-6-4-10(5-7-12)15-9-11-3-2-8-22-11/h2-9H,1H3,(H,16,18). The van der Waals surface area contributed by atoms with Gasteiger partial charge in [-0.1, -0.05) is 6.07 Å². The van der Waals surface area contributed by atoms with E-state index in [0.717, 1.165) is 16.6 Å². The number of benzene rings is 1. The molecule has 0 spiro atoms. The number of thiophene rings is 1. The molecule has 0 aliphatic heterocycles. The van der Waals surface area contributed by atoms with E-state index >= 15 is 0 Å². The molecule has 2 aromatic heterocycles. The van der Waals surface area contributed by atoms with Crippen molar-refractivity contribution in [2.75, 3.05) is 11.8 Å². The van der Waals surface area contributed by atoms with Crippen LogP contribution in [0.25, 0.3) is 0 Å². The largest absolute Gasteiger partial charge is 0.478 e. The summed E-state index contributed by atoms with van der Waals surface area (Å²) in [4.78, 5) is 5.43. The molecule has 0 aliphatic rings. The fourth-order valence-corrected chi connectivity index (χ4v) is 3.90. The maximum absolute atomic E-state index is 12.4. The van der Waals surface area contributed by atoms with Gasteiger partial charge in [-0.05, 0) is 35.7 Å². The molecule has 0 unspecified atom stereocenters. The average Bonchev–Trinajstić information content (AvgIpc) is 3.24. The zero-order chi connectivity index (χ0) is 17.0. The van der Waals surface area contributed by atoms with Gasteiger partial charge in [0.15, 0.2) is 0 Å². The van der Waals surface area contributed by atoms with E-state index in [0.29, 0.717) is 5.69 Å². The van der Waals surface area contributed by atoms with Crippen LogP contribution in [0.2, 0.25) is 0 Å². The Labute approximate surface area is 147 Å². The number of nitrogens with zero attached hydrogens (tertiary/aromatic N) is 3. The van der Waals surface area contributed by atoms with Crippen LogP contribution in [0.1, 0.15) is 4.88 Å². The van der Waals surface area contributed by atoms with Crippen molar-refractivity contribution in [3.63, 3.8) is 0 Å². The third kappa shape index (κ3) is 3.78. The first kappa shape index (κ1) is 16.6. The Hall–Kier alpha value is -2.30. The highest BCUT2D eigenvalue weighted by Gasteiger charge is 2.19. The summed E-state index contributed by atoms with van der Waals surface area (Å²) in [6.07, 6.45) is 1.73. The van der Waals surface area contributed by atoms with Crippen molar-refractivity contribution in [3.8, 4) is 5.88 Å². The van der Waals surface area contributed by atoms with E-state index in [1.807, 2.05) is 17.5 Å². The molecule has 24 heavy (non-hydrogen) atoms. The number of aliphatic imine (C=N–C) groups is 1. The summed E-state index contributed by atoms with van der Waals surface area (Å²) in [5, 5.41) is 1.96. The lowest BCUT2D eigenvalue weighted by Gasteiger charge is -2.06. The zero-order valence-electron chi connectivity index (χ0n) is 12.4. The third-order valence-corrected chi connectivity index (χ3v) is 5.59. The molecular weight excluding hydrogens is 368 g/mol. The lowest BCUT2D eigenvalue weighted by Crippen LogP contribution is -2.13. The normalized spacial score (nSPS) is 11.7. The maximum atomic E-state index is 12.4.